The number of halogens is 1. The van der Waals surface area contributed by atoms with Crippen molar-refractivity contribution >= 4 is 11.2 Å². The highest BCUT2D eigenvalue weighted by Gasteiger charge is 2.32. The molecule has 25 heavy (non-hydrogen) atoms. The maximum atomic E-state index is 13.5. The summed E-state index contributed by atoms with van der Waals surface area (Å²) in [5.74, 6) is -0.740. The maximum absolute atomic E-state index is 13.5. The predicted octanol–water partition coefficient (Wildman–Crippen LogP) is 1.94. The molecule has 0 radical (unpaired) electrons. The molecular formula is C18H18FN3O3. The number of aromatic nitrogens is 2. The number of likely N-dealkylation sites (tertiary alicyclic amines) is 1. The standard InChI is InChI=1S/C18H18FN3O3/c19-13-4-1-3-12(9-13)15-10-14(23)11-21(15)7-8-22-17-16(25-18(22)24)5-2-6-20-17/h1-6,9,14-15,23H,7-8,10-11H2. The fourth-order valence-electron chi connectivity index (χ4n) is 3.51. The second kappa shape index (κ2) is 6.42. The predicted molar refractivity (Wildman–Crippen MR) is 89.6 cm³/mol. The van der Waals surface area contributed by atoms with Gasteiger partial charge < -0.3 is 9.52 Å². The fourth-order valence-corrected chi connectivity index (χ4v) is 3.51. The average molecular weight is 343 g/mol. The SMILES string of the molecule is O=c1oc2cccnc2n1CCN1CC(O)CC1c1cccc(F)c1. The van der Waals surface area contributed by atoms with Crippen LogP contribution in [0.2, 0.25) is 0 Å². The van der Waals surface area contributed by atoms with Gasteiger partial charge in [0.1, 0.15) is 5.82 Å². The van der Waals surface area contributed by atoms with Gasteiger partial charge in [-0.25, -0.2) is 14.2 Å². The Bertz CT molecular complexity index is 952. The Balaban J connectivity index is 1.56. The van der Waals surface area contributed by atoms with Crippen molar-refractivity contribution in [2.45, 2.75) is 25.1 Å². The molecule has 1 fully saturated rings. The summed E-state index contributed by atoms with van der Waals surface area (Å²) in [7, 11) is 0. The summed E-state index contributed by atoms with van der Waals surface area (Å²) in [6, 6.07) is 9.78. The second-order valence-electron chi connectivity index (χ2n) is 6.30. The average Bonchev–Trinajstić information content (AvgIpc) is 3.12. The van der Waals surface area contributed by atoms with Crippen LogP contribution in [0, 0.1) is 5.82 Å². The van der Waals surface area contributed by atoms with Crippen molar-refractivity contribution in [3.63, 3.8) is 0 Å². The van der Waals surface area contributed by atoms with E-state index in [9.17, 15) is 14.3 Å². The van der Waals surface area contributed by atoms with Crippen LogP contribution in [-0.2, 0) is 6.54 Å². The third kappa shape index (κ3) is 3.08. The summed E-state index contributed by atoms with van der Waals surface area (Å²) >= 11 is 0. The summed E-state index contributed by atoms with van der Waals surface area (Å²) in [5.41, 5.74) is 1.80. The molecule has 2 atom stereocenters. The number of oxazole rings is 1. The number of hydrogen-bond acceptors (Lipinski definition) is 5. The van der Waals surface area contributed by atoms with Gasteiger partial charge in [-0.15, -0.1) is 0 Å². The Hall–Kier alpha value is -2.51. The number of benzene rings is 1. The zero-order chi connectivity index (χ0) is 17.4. The van der Waals surface area contributed by atoms with E-state index in [4.69, 9.17) is 4.42 Å². The first-order valence-electron chi connectivity index (χ1n) is 8.24. The van der Waals surface area contributed by atoms with Gasteiger partial charge in [0.25, 0.3) is 0 Å². The van der Waals surface area contributed by atoms with Crippen LogP contribution in [0.4, 0.5) is 4.39 Å². The largest absolute Gasteiger partial charge is 0.421 e. The van der Waals surface area contributed by atoms with Crippen LogP contribution in [-0.4, -0.2) is 38.8 Å². The number of fused-ring (bicyclic) bond motifs is 1. The van der Waals surface area contributed by atoms with E-state index in [-0.39, 0.29) is 11.9 Å². The summed E-state index contributed by atoms with van der Waals surface area (Å²) in [6.45, 7) is 1.41. The van der Waals surface area contributed by atoms with Crippen LogP contribution >= 0.6 is 0 Å². The van der Waals surface area contributed by atoms with Gasteiger partial charge in [-0.2, -0.15) is 0 Å². The molecule has 3 heterocycles. The van der Waals surface area contributed by atoms with E-state index in [1.54, 1.807) is 24.4 Å². The minimum absolute atomic E-state index is 0.0764. The van der Waals surface area contributed by atoms with Gasteiger partial charge in [0, 0.05) is 31.9 Å². The van der Waals surface area contributed by atoms with E-state index in [1.807, 2.05) is 6.07 Å². The molecular weight excluding hydrogens is 325 g/mol. The lowest BCUT2D eigenvalue weighted by Crippen LogP contribution is -2.30. The van der Waals surface area contributed by atoms with Crippen molar-refractivity contribution < 1.29 is 13.9 Å². The van der Waals surface area contributed by atoms with Gasteiger partial charge >= 0.3 is 5.76 Å². The Labute approximate surface area is 143 Å². The number of β-amino-alcohol motifs (C(OH)–C–C–N with tert-alkyl or cyclic N) is 1. The second-order valence-corrected chi connectivity index (χ2v) is 6.30. The van der Waals surface area contributed by atoms with E-state index >= 15 is 0 Å². The summed E-state index contributed by atoms with van der Waals surface area (Å²) in [4.78, 5) is 18.3. The van der Waals surface area contributed by atoms with Crippen LogP contribution < -0.4 is 5.76 Å². The molecule has 0 aliphatic carbocycles. The number of rotatable bonds is 4. The first-order valence-corrected chi connectivity index (χ1v) is 8.24. The van der Waals surface area contributed by atoms with Gasteiger partial charge in [-0.1, -0.05) is 12.1 Å². The third-order valence-corrected chi connectivity index (χ3v) is 4.65. The number of aliphatic hydroxyl groups excluding tert-OH is 1. The van der Waals surface area contributed by atoms with Crippen LogP contribution in [0.1, 0.15) is 18.0 Å². The topological polar surface area (TPSA) is 71.5 Å². The normalized spacial score (nSPS) is 21.2. The van der Waals surface area contributed by atoms with Gasteiger partial charge in [-0.3, -0.25) is 9.47 Å². The van der Waals surface area contributed by atoms with Crippen molar-refractivity contribution in [3.8, 4) is 0 Å². The number of aliphatic hydroxyl groups is 1. The molecule has 0 saturated carbocycles. The van der Waals surface area contributed by atoms with Crippen molar-refractivity contribution in [1.29, 1.82) is 0 Å². The van der Waals surface area contributed by atoms with Crippen LogP contribution in [0.3, 0.4) is 0 Å². The molecule has 1 aliphatic rings. The van der Waals surface area contributed by atoms with E-state index < -0.39 is 11.9 Å². The number of hydrogen-bond donors (Lipinski definition) is 1. The highest BCUT2D eigenvalue weighted by Crippen LogP contribution is 2.32. The van der Waals surface area contributed by atoms with Gasteiger partial charge in [0.05, 0.1) is 6.10 Å². The monoisotopic (exact) mass is 343 g/mol. The molecule has 4 rings (SSSR count). The molecule has 1 N–H and O–H groups in total. The number of pyridine rings is 1. The summed E-state index contributed by atoms with van der Waals surface area (Å²) in [5, 5.41) is 10.0. The molecule has 130 valence electrons. The fraction of sp³-hybridized carbons (Fsp3) is 0.333. The van der Waals surface area contributed by atoms with Crippen molar-refractivity contribution in [3.05, 3.63) is 64.5 Å². The van der Waals surface area contributed by atoms with Crippen molar-refractivity contribution in [2.24, 2.45) is 0 Å². The Kier molecular flexibility index (Phi) is 4.10. The lowest BCUT2D eigenvalue weighted by atomic mass is 10.0. The zero-order valence-corrected chi connectivity index (χ0v) is 13.5. The van der Waals surface area contributed by atoms with E-state index in [0.717, 1.165) is 5.56 Å². The van der Waals surface area contributed by atoms with Crippen molar-refractivity contribution in [1.82, 2.24) is 14.5 Å². The molecule has 3 aromatic rings. The van der Waals surface area contributed by atoms with Crippen molar-refractivity contribution in [2.75, 3.05) is 13.1 Å². The molecule has 0 bridgehead atoms. The molecule has 2 unspecified atom stereocenters. The van der Waals surface area contributed by atoms with Gasteiger partial charge in [-0.05, 0) is 36.2 Å². The molecule has 0 spiro atoms. The van der Waals surface area contributed by atoms with Gasteiger partial charge in [0.15, 0.2) is 11.2 Å². The lowest BCUT2D eigenvalue weighted by Gasteiger charge is -2.24. The first-order chi connectivity index (χ1) is 12.1. The first kappa shape index (κ1) is 16.0. The molecule has 1 saturated heterocycles. The Morgan fingerprint density at radius 2 is 2.16 bits per heavy atom. The molecule has 1 aromatic carbocycles. The lowest BCUT2D eigenvalue weighted by molar-refractivity contribution is 0.173. The third-order valence-electron chi connectivity index (χ3n) is 4.65. The highest BCUT2D eigenvalue weighted by atomic mass is 19.1. The molecule has 1 aliphatic heterocycles. The minimum Gasteiger partial charge on any atom is -0.406 e. The molecule has 2 aromatic heterocycles. The highest BCUT2D eigenvalue weighted by molar-refractivity contribution is 5.67. The van der Waals surface area contributed by atoms with E-state index in [1.165, 1.54) is 16.7 Å². The number of nitrogens with zero attached hydrogens (tertiary/aromatic N) is 3. The zero-order valence-electron chi connectivity index (χ0n) is 13.5. The molecule has 0 amide bonds. The summed E-state index contributed by atoms with van der Waals surface area (Å²) in [6.07, 6.45) is 1.69. The minimum atomic E-state index is -0.468. The van der Waals surface area contributed by atoms with Crippen LogP contribution in [0.25, 0.3) is 11.2 Å². The van der Waals surface area contributed by atoms with Crippen LogP contribution in [0.5, 0.6) is 0 Å². The maximum Gasteiger partial charge on any atom is 0.421 e. The van der Waals surface area contributed by atoms with Gasteiger partial charge in [0.2, 0.25) is 0 Å². The van der Waals surface area contributed by atoms with Crippen LogP contribution in [0.15, 0.2) is 51.8 Å². The Morgan fingerprint density at radius 1 is 1.28 bits per heavy atom. The smallest absolute Gasteiger partial charge is 0.406 e. The molecule has 7 heteroatoms. The quantitative estimate of drug-likeness (QED) is 0.784. The van der Waals surface area contributed by atoms with E-state index in [2.05, 4.69) is 9.88 Å². The molecule has 6 nitrogen and oxygen atoms in total. The summed E-state index contributed by atoms with van der Waals surface area (Å²) < 4.78 is 20.2. The Morgan fingerprint density at radius 3 is 3.00 bits per heavy atom. The van der Waals surface area contributed by atoms with E-state index in [0.29, 0.717) is 37.3 Å².